The van der Waals surface area contributed by atoms with Crippen molar-refractivity contribution < 1.29 is 4.74 Å². The van der Waals surface area contributed by atoms with Crippen LogP contribution in [0.1, 0.15) is 30.4 Å². The molecule has 1 aliphatic heterocycles. The van der Waals surface area contributed by atoms with Gasteiger partial charge in [-0.1, -0.05) is 66.7 Å². The van der Waals surface area contributed by atoms with Gasteiger partial charge in [0.25, 0.3) is 0 Å². The van der Waals surface area contributed by atoms with Crippen molar-refractivity contribution in [3.05, 3.63) is 90.0 Å². The monoisotopic (exact) mass is 421 g/mol. The van der Waals surface area contributed by atoms with Gasteiger partial charge in [0.1, 0.15) is 5.75 Å². The summed E-state index contributed by atoms with van der Waals surface area (Å²) >= 11 is 0. The highest BCUT2D eigenvalue weighted by molar-refractivity contribution is 5.85. The Bertz CT molecular complexity index is 897. The van der Waals surface area contributed by atoms with E-state index < -0.39 is 0 Å². The number of rotatable bonds is 8. The molecule has 1 unspecified atom stereocenters. The Hall–Kier alpha value is -2.29. The zero-order valence-corrected chi connectivity index (χ0v) is 18.6. The minimum Gasteiger partial charge on any atom is -0.493 e. The third kappa shape index (κ3) is 5.87. The molecule has 1 atom stereocenters. The van der Waals surface area contributed by atoms with Crippen molar-refractivity contribution in [3.8, 4) is 16.9 Å². The standard InChI is InChI=1S/C27H31NO.ClH/c1-28-19-8-13-26(28)18-20-29-27-17-16-24(23-11-6-3-7-12-23)21-25(27)15-14-22-9-4-2-5-10-22;/h2-7,9-12,16-17,21,26H,8,13-15,18-20H2,1H3;1H. The van der Waals surface area contributed by atoms with E-state index in [2.05, 4.69) is 90.8 Å². The summed E-state index contributed by atoms with van der Waals surface area (Å²) in [5.41, 5.74) is 5.19. The number of aryl methyl sites for hydroxylation is 2. The Morgan fingerprint density at radius 1 is 0.867 bits per heavy atom. The summed E-state index contributed by atoms with van der Waals surface area (Å²) in [5.74, 6) is 1.04. The molecule has 4 rings (SSSR count). The lowest BCUT2D eigenvalue weighted by molar-refractivity contribution is 0.232. The van der Waals surface area contributed by atoms with Gasteiger partial charge >= 0.3 is 0 Å². The van der Waals surface area contributed by atoms with Gasteiger partial charge in [-0.2, -0.15) is 0 Å². The molecule has 0 bridgehead atoms. The van der Waals surface area contributed by atoms with Gasteiger partial charge in [0.2, 0.25) is 0 Å². The van der Waals surface area contributed by atoms with Crippen molar-refractivity contribution in [2.45, 2.75) is 38.1 Å². The maximum absolute atomic E-state index is 6.30. The predicted molar refractivity (Wildman–Crippen MR) is 129 cm³/mol. The molecular weight excluding hydrogens is 390 g/mol. The van der Waals surface area contributed by atoms with Crippen LogP contribution in [0.5, 0.6) is 5.75 Å². The molecule has 0 amide bonds. The number of ether oxygens (including phenoxy) is 1. The second-order valence-electron chi connectivity index (χ2n) is 8.09. The Morgan fingerprint density at radius 2 is 1.60 bits per heavy atom. The van der Waals surface area contributed by atoms with Crippen molar-refractivity contribution in [1.29, 1.82) is 0 Å². The fraction of sp³-hybridized carbons (Fsp3) is 0.333. The summed E-state index contributed by atoms with van der Waals surface area (Å²) < 4.78 is 6.30. The van der Waals surface area contributed by atoms with Crippen LogP contribution in [0, 0.1) is 0 Å². The van der Waals surface area contributed by atoms with Gasteiger partial charge in [0.15, 0.2) is 0 Å². The molecule has 158 valence electrons. The average Bonchev–Trinajstić information content (AvgIpc) is 3.19. The number of likely N-dealkylation sites (tertiary alicyclic amines) is 1. The Morgan fingerprint density at radius 3 is 2.30 bits per heavy atom. The number of hydrogen-bond donors (Lipinski definition) is 0. The highest BCUT2D eigenvalue weighted by Gasteiger charge is 2.20. The molecule has 1 heterocycles. The second kappa shape index (κ2) is 11.2. The molecule has 0 saturated carbocycles. The molecule has 0 radical (unpaired) electrons. The van der Waals surface area contributed by atoms with Crippen molar-refractivity contribution in [2.24, 2.45) is 0 Å². The molecule has 3 heteroatoms. The fourth-order valence-corrected chi connectivity index (χ4v) is 4.30. The first-order valence-electron chi connectivity index (χ1n) is 10.8. The zero-order valence-electron chi connectivity index (χ0n) is 17.8. The van der Waals surface area contributed by atoms with Crippen LogP contribution in [-0.4, -0.2) is 31.1 Å². The number of hydrogen-bond acceptors (Lipinski definition) is 2. The molecule has 0 aromatic heterocycles. The van der Waals surface area contributed by atoms with E-state index in [0.29, 0.717) is 6.04 Å². The smallest absolute Gasteiger partial charge is 0.122 e. The van der Waals surface area contributed by atoms with E-state index >= 15 is 0 Å². The van der Waals surface area contributed by atoms with Crippen LogP contribution >= 0.6 is 12.4 Å². The van der Waals surface area contributed by atoms with Crippen LogP contribution in [0.25, 0.3) is 11.1 Å². The highest BCUT2D eigenvalue weighted by atomic mass is 35.5. The summed E-state index contributed by atoms with van der Waals surface area (Å²) in [6.07, 6.45) is 5.74. The number of benzene rings is 3. The van der Waals surface area contributed by atoms with Crippen molar-refractivity contribution >= 4 is 12.4 Å². The number of halogens is 1. The van der Waals surface area contributed by atoms with E-state index in [9.17, 15) is 0 Å². The Balaban J connectivity index is 0.00000256. The average molecular weight is 422 g/mol. The van der Waals surface area contributed by atoms with Crippen LogP contribution in [0.3, 0.4) is 0 Å². The molecule has 2 nitrogen and oxygen atoms in total. The summed E-state index contributed by atoms with van der Waals surface area (Å²) in [6.45, 7) is 2.01. The largest absolute Gasteiger partial charge is 0.493 e. The van der Waals surface area contributed by atoms with E-state index in [1.807, 2.05) is 0 Å². The topological polar surface area (TPSA) is 12.5 Å². The van der Waals surface area contributed by atoms with Crippen molar-refractivity contribution in [2.75, 3.05) is 20.2 Å². The van der Waals surface area contributed by atoms with Crippen molar-refractivity contribution in [1.82, 2.24) is 4.90 Å². The van der Waals surface area contributed by atoms with Gasteiger partial charge in [-0.25, -0.2) is 0 Å². The van der Waals surface area contributed by atoms with Gasteiger partial charge in [-0.3, -0.25) is 0 Å². The fourth-order valence-electron chi connectivity index (χ4n) is 4.30. The SMILES string of the molecule is CN1CCCC1CCOc1ccc(-c2ccccc2)cc1CCc1ccccc1.Cl. The first-order chi connectivity index (χ1) is 14.3. The molecule has 0 spiro atoms. The van der Waals surface area contributed by atoms with E-state index in [-0.39, 0.29) is 12.4 Å². The van der Waals surface area contributed by atoms with Gasteiger partial charge in [-0.15, -0.1) is 12.4 Å². The normalized spacial score (nSPS) is 16.2. The lowest BCUT2D eigenvalue weighted by atomic mass is 9.98. The Kier molecular flexibility index (Phi) is 8.36. The number of nitrogens with zero attached hydrogens (tertiary/aromatic N) is 1. The van der Waals surface area contributed by atoms with Gasteiger partial charge in [-0.05, 0) is 80.1 Å². The van der Waals surface area contributed by atoms with Crippen LogP contribution in [0.2, 0.25) is 0 Å². The summed E-state index contributed by atoms with van der Waals surface area (Å²) in [7, 11) is 2.23. The van der Waals surface area contributed by atoms with E-state index in [0.717, 1.165) is 31.6 Å². The van der Waals surface area contributed by atoms with E-state index in [4.69, 9.17) is 4.74 Å². The molecule has 3 aromatic carbocycles. The molecular formula is C27H32ClNO. The minimum absolute atomic E-state index is 0. The quantitative estimate of drug-likeness (QED) is 0.415. The molecule has 0 N–H and O–H groups in total. The van der Waals surface area contributed by atoms with Crippen LogP contribution in [0.15, 0.2) is 78.9 Å². The van der Waals surface area contributed by atoms with E-state index in [1.165, 1.54) is 41.6 Å². The maximum Gasteiger partial charge on any atom is 0.122 e. The molecule has 1 fully saturated rings. The van der Waals surface area contributed by atoms with Gasteiger partial charge in [0, 0.05) is 6.04 Å². The second-order valence-corrected chi connectivity index (χ2v) is 8.09. The minimum atomic E-state index is 0. The van der Waals surface area contributed by atoms with Crippen molar-refractivity contribution in [3.63, 3.8) is 0 Å². The zero-order chi connectivity index (χ0) is 19.9. The molecule has 30 heavy (non-hydrogen) atoms. The maximum atomic E-state index is 6.30. The molecule has 0 aliphatic carbocycles. The summed E-state index contributed by atoms with van der Waals surface area (Å²) in [5, 5.41) is 0. The molecule has 3 aromatic rings. The third-order valence-electron chi connectivity index (χ3n) is 6.07. The van der Waals surface area contributed by atoms with Crippen LogP contribution < -0.4 is 4.74 Å². The lowest BCUT2D eigenvalue weighted by Crippen LogP contribution is -2.26. The lowest BCUT2D eigenvalue weighted by Gasteiger charge is -2.20. The highest BCUT2D eigenvalue weighted by Crippen LogP contribution is 2.28. The first kappa shape index (κ1) is 22.4. The van der Waals surface area contributed by atoms with Gasteiger partial charge in [0.05, 0.1) is 6.61 Å². The first-order valence-corrected chi connectivity index (χ1v) is 10.8. The summed E-state index contributed by atoms with van der Waals surface area (Å²) in [4.78, 5) is 2.47. The Labute approximate surface area is 187 Å². The van der Waals surface area contributed by atoms with Crippen LogP contribution in [-0.2, 0) is 12.8 Å². The third-order valence-corrected chi connectivity index (χ3v) is 6.07. The summed E-state index contributed by atoms with van der Waals surface area (Å²) in [6, 6.07) is 28.7. The van der Waals surface area contributed by atoms with Crippen LogP contribution in [0.4, 0.5) is 0 Å². The molecule has 1 aliphatic rings. The van der Waals surface area contributed by atoms with E-state index in [1.54, 1.807) is 0 Å². The van der Waals surface area contributed by atoms with Gasteiger partial charge < -0.3 is 9.64 Å². The molecule has 1 saturated heterocycles. The predicted octanol–water partition coefficient (Wildman–Crippen LogP) is 6.42.